The maximum atomic E-state index is 11.6. The fourth-order valence-electron chi connectivity index (χ4n) is 1.88. The van der Waals surface area contributed by atoms with Crippen molar-refractivity contribution in [3.63, 3.8) is 0 Å². The van der Waals surface area contributed by atoms with Gasteiger partial charge in [-0.05, 0) is 42.3 Å². The van der Waals surface area contributed by atoms with Gasteiger partial charge >= 0.3 is 5.97 Å². The van der Waals surface area contributed by atoms with Crippen molar-refractivity contribution in [3.8, 4) is 5.75 Å². The molecule has 0 aliphatic rings. The lowest BCUT2D eigenvalue weighted by Crippen LogP contribution is -2.19. The number of oxime groups is 1. The van der Waals surface area contributed by atoms with Crippen molar-refractivity contribution < 1.29 is 14.4 Å². The summed E-state index contributed by atoms with van der Waals surface area (Å²) in [5.74, 6) is 0.0432. The number of benzene rings is 2. The molecule has 2 aromatic rings. The Morgan fingerprint density at radius 2 is 2.00 bits per heavy atom. The average molecular weight is 367 g/mol. The fourth-order valence-corrected chi connectivity index (χ4v) is 2.35. The molecule has 0 unspecified atom stereocenters. The molecule has 0 aliphatic carbocycles. The molecule has 0 aromatic heterocycles. The van der Waals surface area contributed by atoms with Crippen molar-refractivity contribution in [3.05, 3.63) is 63.6 Å². The number of hydrogen-bond acceptors (Lipinski definition) is 4. The summed E-state index contributed by atoms with van der Waals surface area (Å²) in [6, 6.07) is 12.4. The Morgan fingerprint density at radius 1 is 1.21 bits per heavy atom. The number of rotatable bonds is 6. The maximum absolute atomic E-state index is 11.6. The van der Waals surface area contributed by atoms with Gasteiger partial charge in [-0.3, -0.25) is 0 Å². The topological polar surface area (TPSA) is 73.9 Å². The van der Waals surface area contributed by atoms with Crippen LogP contribution in [0.5, 0.6) is 5.75 Å². The van der Waals surface area contributed by atoms with Gasteiger partial charge in [-0.25, -0.2) is 4.79 Å². The number of hydrogen-bond donors (Lipinski definition) is 1. The maximum Gasteiger partial charge on any atom is 0.372 e. The summed E-state index contributed by atoms with van der Waals surface area (Å²) in [4.78, 5) is 16.3. The number of halogens is 2. The smallest absolute Gasteiger partial charge is 0.372 e. The molecule has 5 nitrogen and oxygen atoms in total. The first kappa shape index (κ1) is 18.1. The molecule has 0 atom stereocenters. The average Bonchev–Trinajstić information content (AvgIpc) is 2.54. The van der Waals surface area contributed by atoms with E-state index in [1.807, 2.05) is 25.1 Å². The van der Waals surface area contributed by atoms with Crippen molar-refractivity contribution in [2.75, 3.05) is 6.61 Å². The summed E-state index contributed by atoms with van der Waals surface area (Å²) >= 11 is 11.9. The van der Waals surface area contributed by atoms with Gasteiger partial charge in [-0.1, -0.05) is 46.6 Å². The van der Waals surface area contributed by atoms with Gasteiger partial charge in [0, 0.05) is 16.5 Å². The van der Waals surface area contributed by atoms with E-state index in [1.54, 1.807) is 24.3 Å². The molecular formula is C17H16Cl2N2O3. The Hall–Kier alpha value is -2.24. The Labute approximate surface area is 149 Å². The third-order valence-electron chi connectivity index (χ3n) is 3.00. The van der Waals surface area contributed by atoms with Gasteiger partial charge in [0.05, 0.1) is 0 Å². The zero-order valence-corrected chi connectivity index (χ0v) is 14.5. The number of aryl methyl sites for hydroxylation is 1. The lowest BCUT2D eigenvalue weighted by atomic mass is 10.1. The predicted octanol–water partition coefficient (Wildman–Crippen LogP) is 3.74. The summed E-state index contributed by atoms with van der Waals surface area (Å²) in [6.07, 6.45) is 0.238. The number of amidine groups is 1. The van der Waals surface area contributed by atoms with Crippen LogP contribution in [0.1, 0.15) is 11.1 Å². The lowest BCUT2D eigenvalue weighted by molar-refractivity contribution is -0.146. The number of carbonyl (C=O) groups is 1. The van der Waals surface area contributed by atoms with Crippen LogP contribution in [0.15, 0.2) is 47.6 Å². The highest BCUT2D eigenvalue weighted by Crippen LogP contribution is 2.21. The van der Waals surface area contributed by atoms with Crippen LogP contribution in [-0.2, 0) is 16.1 Å². The lowest BCUT2D eigenvalue weighted by Gasteiger charge is -2.06. The highest BCUT2D eigenvalue weighted by atomic mass is 35.5. The minimum atomic E-state index is -0.651. The van der Waals surface area contributed by atoms with E-state index in [0.717, 1.165) is 11.1 Å². The number of nitrogens with zero attached hydrogens (tertiary/aromatic N) is 1. The first-order valence-corrected chi connectivity index (χ1v) is 7.85. The highest BCUT2D eigenvalue weighted by Gasteiger charge is 2.07. The predicted molar refractivity (Wildman–Crippen MR) is 94.6 cm³/mol. The highest BCUT2D eigenvalue weighted by molar-refractivity contribution is 6.35. The molecule has 126 valence electrons. The summed E-state index contributed by atoms with van der Waals surface area (Å²) < 4.78 is 5.31. The van der Waals surface area contributed by atoms with E-state index in [4.69, 9.17) is 38.5 Å². The van der Waals surface area contributed by atoms with E-state index in [2.05, 4.69) is 5.16 Å². The van der Waals surface area contributed by atoms with Crippen LogP contribution in [0.25, 0.3) is 0 Å². The molecule has 2 rings (SSSR count). The van der Waals surface area contributed by atoms with Gasteiger partial charge < -0.3 is 15.3 Å². The van der Waals surface area contributed by atoms with Crippen LogP contribution in [0.4, 0.5) is 0 Å². The normalized spacial score (nSPS) is 11.2. The van der Waals surface area contributed by atoms with Crippen molar-refractivity contribution >= 4 is 35.0 Å². The molecule has 2 N–H and O–H groups in total. The fraction of sp³-hybridized carbons (Fsp3) is 0.176. The second-order valence-electron chi connectivity index (χ2n) is 5.06. The number of carbonyl (C=O) groups excluding carboxylic acids is 1. The van der Waals surface area contributed by atoms with Crippen LogP contribution in [-0.4, -0.2) is 18.4 Å². The second-order valence-corrected chi connectivity index (χ2v) is 5.91. The standard InChI is InChI=1S/C17H16Cl2N2O3/c1-11-3-2-4-14(7-11)23-10-17(22)24-21-16(20)8-12-5-6-13(18)9-15(12)19/h2-7,9H,8,10H2,1H3,(H2,20,21). The van der Waals surface area contributed by atoms with E-state index in [1.165, 1.54) is 0 Å². The molecule has 0 saturated carbocycles. The van der Waals surface area contributed by atoms with E-state index in [9.17, 15) is 4.79 Å². The zero-order chi connectivity index (χ0) is 17.5. The molecule has 0 aliphatic heterocycles. The molecule has 24 heavy (non-hydrogen) atoms. The minimum Gasteiger partial charge on any atom is -0.482 e. The molecule has 2 aromatic carbocycles. The number of ether oxygens (including phenoxy) is 1. The van der Waals surface area contributed by atoms with Gasteiger partial charge in [0.2, 0.25) is 0 Å². The molecule has 0 fully saturated rings. The van der Waals surface area contributed by atoms with Gasteiger partial charge in [0.25, 0.3) is 0 Å². The van der Waals surface area contributed by atoms with Gasteiger partial charge in [0.15, 0.2) is 6.61 Å². The van der Waals surface area contributed by atoms with E-state index in [-0.39, 0.29) is 18.9 Å². The first-order chi connectivity index (χ1) is 11.4. The third-order valence-corrected chi connectivity index (χ3v) is 3.58. The number of nitrogens with two attached hydrogens (primary N) is 1. The van der Waals surface area contributed by atoms with Crippen LogP contribution in [0, 0.1) is 6.92 Å². The van der Waals surface area contributed by atoms with Crippen molar-refractivity contribution in [1.29, 1.82) is 0 Å². The third kappa shape index (κ3) is 5.76. The molecule has 0 spiro atoms. The molecule has 0 amide bonds. The minimum absolute atomic E-state index is 0.114. The Morgan fingerprint density at radius 3 is 2.71 bits per heavy atom. The summed E-state index contributed by atoms with van der Waals surface area (Å²) in [7, 11) is 0. The van der Waals surface area contributed by atoms with Crippen molar-refractivity contribution in [1.82, 2.24) is 0 Å². The molecular weight excluding hydrogens is 351 g/mol. The molecule has 0 heterocycles. The van der Waals surface area contributed by atoms with E-state index in [0.29, 0.717) is 15.8 Å². The molecule has 7 heteroatoms. The van der Waals surface area contributed by atoms with Crippen LogP contribution < -0.4 is 10.5 Å². The Balaban J connectivity index is 1.84. The van der Waals surface area contributed by atoms with Crippen molar-refractivity contribution in [2.24, 2.45) is 10.9 Å². The molecule has 0 saturated heterocycles. The molecule has 0 radical (unpaired) electrons. The van der Waals surface area contributed by atoms with Gasteiger partial charge in [-0.15, -0.1) is 0 Å². The van der Waals surface area contributed by atoms with Crippen molar-refractivity contribution in [2.45, 2.75) is 13.3 Å². The van der Waals surface area contributed by atoms with E-state index < -0.39 is 5.97 Å². The van der Waals surface area contributed by atoms with Crippen LogP contribution >= 0.6 is 23.2 Å². The van der Waals surface area contributed by atoms with Gasteiger partial charge in [0.1, 0.15) is 11.6 Å². The molecule has 0 bridgehead atoms. The van der Waals surface area contributed by atoms with Crippen LogP contribution in [0.2, 0.25) is 10.0 Å². The van der Waals surface area contributed by atoms with E-state index >= 15 is 0 Å². The Bertz CT molecular complexity index is 763. The van der Waals surface area contributed by atoms with Crippen LogP contribution in [0.3, 0.4) is 0 Å². The largest absolute Gasteiger partial charge is 0.482 e. The quantitative estimate of drug-likeness (QED) is 0.365. The second kappa shape index (κ2) is 8.57. The summed E-state index contributed by atoms with van der Waals surface area (Å²) in [6.45, 7) is 1.67. The Kier molecular flexibility index (Phi) is 6.46. The summed E-state index contributed by atoms with van der Waals surface area (Å²) in [5.41, 5.74) is 7.49. The van der Waals surface area contributed by atoms with Gasteiger partial charge in [-0.2, -0.15) is 0 Å². The summed E-state index contributed by atoms with van der Waals surface area (Å²) in [5, 5.41) is 4.58. The SMILES string of the molecule is Cc1cccc(OCC(=O)O/N=C(/N)Cc2ccc(Cl)cc2Cl)c1. The first-order valence-electron chi connectivity index (χ1n) is 7.09. The zero-order valence-electron chi connectivity index (χ0n) is 13.0. The monoisotopic (exact) mass is 366 g/mol.